The first-order valence-corrected chi connectivity index (χ1v) is 11.9. The van der Waals surface area contributed by atoms with E-state index < -0.39 is 35.9 Å². The average molecular weight is 435 g/mol. The van der Waals surface area contributed by atoms with Crippen LogP contribution < -0.4 is 16.4 Å². The van der Waals surface area contributed by atoms with Gasteiger partial charge in [-0.05, 0) is 49.7 Å². The summed E-state index contributed by atoms with van der Waals surface area (Å²) in [5, 5.41) is 14.3. The van der Waals surface area contributed by atoms with Crippen molar-refractivity contribution >= 4 is 47.2 Å². The maximum Gasteiger partial charge on any atom is 0.326 e. The molecule has 160 valence electrons. The number of carbonyl (C=O) groups excluding carboxylic acids is 3. The Morgan fingerprint density at radius 3 is 2.43 bits per heavy atom. The van der Waals surface area contributed by atoms with Crippen LogP contribution in [-0.2, 0) is 19.2 Å². The number of aliphatic carboxylic acids is 1. The molecule has 1 saturated heterocycles. The molecule has 3 atom stereocenters. The Bertz CT molecular complexity index is 564. The predicted octanol–water partition coefficient (Wildman–Crippen LogP) is -0.503. The minimum absolute atomic E-state index is 0.232. The highest BCUT2D eigenvalue weighted by molar-refractivity contribution is 7.98. The Morgan fingerprint density at radius 1 is 1.18 bits per heavy atom. The van der Waals surface area contributed by atoms with Crippen molar-refractivity contribution in [3.8, 4) is 0 Å². The van der Waals surface area contributed by atoms with E-state index in [1.54, 1.807) is 11.8 Å². The van der Waals surface area contributed by atoms with Gasteiger partial charge in [0.15, 0.2) is 0 Å². The van der Waals surface area contributed by atoms with Crippen LogP contribution in [0.2, 0.25) is 0 Å². The first-order valence-electron chi connectivity index (χ1n) is 9.15. The Kier molecular flexibility index (Phi) is 11.3. The zero-order chi connectivity index (χ0) is 21.1. The molecule has 1 rings (SSSR count). The lowest BCUT2D eigenvalue weighted by Crippen LogP contribution is -2.53. The van der Waals surface area contributed by atoms with Crippen LogP contribution in [0.3, 0.4) is 0 Å². The van der Waals surface area contributed by atoms with E-state index in [0.29, 0.717) is 38.0 Å². The summed E-state index contributed by atoms with van der Waals surface area (Å²) in [6, 6.07) is -2.37. The van der Waals surface area contributed by atoms with Crippen molar-refractivity contribution in [2.24, 2.45) is 5.73 Å². The Balaban J connectivity index is 2.58. The Morgan fingerprint density at radius 2 is 1.82 bits per heavy atom. The number of nitrogens with zero attached hydrogens (tertiary/aromatic N) is 1. The Hall–Kier alpha value is -1.46. The summed E-state index contributed by atoms with van der Waals surface area (Å²) in [4.78, 5) is 49.6. The molecule has 0 aromatic heterocycles. The van der Waals surface area contributed by atoms with Gasteiger partial charge in [0.1, 0.15) is 12.1 Å². The molecule has 3 amide bonds. The fourth-order valence-electron chi connectivity index (χ4n) is 2.87. The molecule has 0 spiro atoms. The summed E-state index contributed by atoms with van der Waals surface area (Å²) in [7, 11) is 0. The molecule has 11 heteroatoms. The molecule has 0 radical (unpaired) electrons. The second-order valence-electron chi connectivity index (χ2n) is 6.53. The average Bonchev–Trinajstić information content (AvgIpc) is 3.16. The van der Waals surface area contributed by atoms with E-state index in [4.69, 9.17) is 5.73 Å². The van der Waals surface area contributed by atoms with Crippen LogP contribution in [0.25, 0.3) is 0 Å². The summed E-state index contributed by atoms with van der Waals surface area (Å²) < 4.78 is 0. The number of thioether (sulfide) groups is 2. The van der Waals surface area contributed by atoms with Gasteiger partial charge in [-0.2, -0.15) is 23.5 Å². The lowest BCUT2D eigenvalue weighted by atomic mass is 10.1. The van der Waals surface area contributed by atoms with Gasteiger partial charge in [-0.1, -0.05) is 0 Å². The first-order chi connectivity index (χ1) is 13.3. The molecule has 1 fully saturated rings. The zero-order valence-corrected chi connectivity index (χ0v) is 17.9. The molecule has 0 aromatic rings. The molecule has 1 aliphatic rings. The van der Waals surface area contributed by atoms with Crippen molar-refractivity contribution in [2.45, 2.75) is 43.8 Å². The van der Waals surface area contributed by atoms with Crippen molar-refractivity contribution in [2.75, 3.05) is 37.1 Å². The van der Waals surface area contributed by atoms with Crippen LogP contribution in [0.5, 0.6) is 0 Å². The van der Waals surface area contributed by atoms with Gasteiger partial charge in [0, 0.05) is 6.54 Å². The quantitative estimate of drug-likeness (QED) is 0.322. The van der Waals surface area contributed by atoms with E-state index in [1.807, 2.05) is 12.5 Å². The number of carbonyl (C=O) groups is 4. The molecule has 0 aromatic carbocycles. The van der Waals surface area contributed by atoms with Gasteiger partial charge in [0.2, 0.25) is 17.7 Å². The summed E-state index contributed by atoms with van der Waals surface area (Å²) >= 11 is 3.08. The summed E-state index contributed by atoms with van der Waals surface area (Å²) in [5.41, 5.74) is 5.77. The lowest BCUT2D eigenvalue weighted by molar-refractivity contribution is -0.144. The highest BCUT2D eigenvalue weighted by Gasteiger charge is 2.35. The van der Waals surface area contributed by atoms with E-state index in [1.165, 1.54) is 16.7 Å². The zero-order valence-electron chi connectivity index (χ0n) is 16.3. The van der Waals surface area contributed by atoms with E-state index >= 15 is 0 Å². The van der Waals surface area contributed by atoms with Gasteiger partial charge >= 0.3 is 5.97 Å². The largest absolute Gasteiger partial charge is 0.480 e. The van der Waals surface area contributed by atoms with E-state index in [0.717, 1.165) is 5.75 Å². The number of hydrogen-bond donors (Lipinski definition) is 4. The number of carboxylic acid groups (broad SMARTS) is 1. The third-order valence-electron chi connectivity index (χ3n) is 4.48. The van der Waals surface area contributed by atoms with Crippen LogP contribution in [0, 0.1) is 0 Å². The molecular weight excluding hydrogens is 404 g/mol. The molecule has 0 aliphatic carbocycles. The maximum absolute atomic E-state index is 12.5. The number of carboxylic acids is 1. The maximum atomic E-state index is 12.5. The van der Waals surface area contributed by atoms with Crippen LogP contribution >= 0.6 is 23.5 Å². The normalized spacial score (nSPS) is 18.4. The lowest BCUT2D eigenvalue weighted by Gasteiger charge is -2.26. The van der Waals surface area contributed by atoms with Crippen molar-refractivity contribution in [3.63, 3.8) is 0 Å². The van der Waals surface area contributed by atoms with E-state index in [9.17, 15) is 24.3 Å². The molecule has 5 N–H and O–H groups in total. The number of hydrogen-bond acceptors (Lipinski definition) is 7. The Labute approximate surface area is 173 Å². The predicted molar refractivity (Wildman–Crippen MR) is 111 cm³/mol. The second kappa shape index (κ2) is 12.9. The van der Waals surface area contributed by atoms with Crippen LogP contribution in [0.1, 0.15) is 25.7 Å². The molecule has 28 heavy (non-hydrogen) atoms. The van der Waals surface area contributed by atoms with Gasteiger partial charge in [-0.25, -0.2) is 4.79 Å². The van der Waals surface area contributed by atoms with Gasteiger partial charge in [0.05, 0.1) is 12.6 Å². The topological polar surface area (TPSA) is 142 Å². The third-order valence-corrected chi connectivity index (χ3v) is 5.77. The highest BCUT2D eigenvalue weighted by atomic mass is 32.2. The van der Waals surface area contributed by atoms with Crippen molar-refractivity contribution in [1.82, 2.24) is 15.5 Å². The molecule has 3 unspecified atom stereocenters. The molecule has 1 aliphatic heterocycles. The SMILES string of the molecule is CSCCC(N)C(=O)NCC(=O)N1CCCC1C(=O)NC(CCSC)C(=O)O. The minimum atomic E-state index is -1.09. The number of rotatable bonds is 12. The third kappa shape index (κ3) is 7.88. The number of nitrogens with one attached hydrogen (secondary N) is 2. The summed E-state index contributed by atoms with van der Waals surface area (Å²) in [5.74, 6) is -0.984. The van der Waals surface area contributed by atoms with Gasteiger partial charge < -0.3 is 26.4 Å². The van der Waals surface area contributed by atoms with Gasteiger partial charge in [-0.3, -0.25) is 14.4 Å². The number of amides is 3. The van der Waals surface area contributed by atoms with Crippen LogP contribution in [0.15, 0.2) is 0 Å². The van der Waals surface area contributed by atoms with Crippen LogP contribution in [-0.4, -0.2) is 88.9 Å². The summed E-state index contributed by atoms with van der Waals surface area (Å²) in [6.07, 6.45) is 5.72. The highest BCUT2D eigenvalue weighted by Crippen LogP contribution is 2.18. The fraction of sp³-hybridized carbons (Fsp3) is 0.765. The molecular formula is C17H30N4O5S2. The number of nitrogens with two attached hydrogens (primary N) is 1. The van der Waals surface area contributed by atoms with E-state index in [-0.39, 0.29) is 12.5 Å². The van der Waals surface area contributed by atoms with E-state index in [2.05, 4.69) is 10.6 Å². The van der Waals surface area contributed by atoms with Gasteiger partial charge in [0.25, 0.3) is 0 Å². The monoisotopic (exact) mass is 434 g/mol. The summed E-state index contributed by atoms with van der Waals surface area (Å²) in [6.45, 7) is 0.165. The molecule has 0 bridgehead atoms. The first kappa shape index (κ1) is 24.6. The minimum Gasteiger partial charge on any atom is -0.480 e. The standard InChI is InChI=1S/C17H30N4O5S2/c1-27-8-5-11(18)15(23)19-10-14(22)21-7-3-4-13(21)16(24)20-12(17(25)26)6-9-28-2/h11-13H,3-10,18H2,1-2H3,(H,19,23)(H,20,24)(H,25,26). The van der Waals surface area contributed by atoms with Crippen molar-refractivity contribution in [3.05, 3.63) is 0 Å². The van der Waals surface area contributed by atoms with Crippen molar-refractivity contribution in [1.29, 1.82) is 0 Å². The molecule has 1 heterocycles. The smallest absolute Gasteiger partial charge is 0.326 e. The number of likely N-dealkylation sites (tertiary alicyclic amines) is 1. The molecule has 0 saturated carbocycles. The molecule has 9 nitrogen and oxygen atoms in total. The van der Waals surface area contributed by atoms with Gasteiger partial charge in [-0.15, -0.1) is 0 Å². The fourth-order valence-corrected chi connectivity index (χ4v) is 3.83. The second-order valence-corrected chi connectivity index (χ2v) is 8.50. The van der Waals surface area contributed by atoms with Crippen molar-refractivity contribution < 1.29 is 24.3 Å². The van der Waals surface area contributed by atoms with Crippen LogP contribution in [0.4, 0.5) is 0 Å².